The quantitative estimate of drug-likeness (QED) is 0.939. The van der Waals surface area contributed by atoms with Crippen molar-refractivity contribution in [1.82, 2.24) is 5.32 Å². The van der Waals surface area contributed by atoms with Crippen LogP contribution in [0.15, 0.2) is 48.5 Å². The maximum absolute atomic E-state index is 12.7. The van der Waals surface area contributed by atoms with Crippen LogP contribution >= 0.6 is 0 Å². The van der Waals surface area contributed by atoms with E-state index in [-0.39, 0.29) is 11.8 Å². The van der Waals surface area contributed by atoms with E-state index >= 15 is 0 Å². The zero-order chi connectivity index (χ0) is 17.1. The Morgan fingerprint density at radius 2 is 1.88 bits per heavy atom. The number of para-hydroxylation sites is 2. The molecule has 0 unspecified atom stereocenters. The third kappa shape index (κ3) is 2.97. The number of rotatable bonds is 4. The second-order valence-electron chi connectivity index (χ2n) is 5.77. The fraction of sp³-hybridized carbons (Fsp3) is 0.263. The Morgan fingerprint density at radius 3 is 2.62 bits per heavy atom. The van der Waals surface area contributed by atoms with Gasteiger partial charge in [0.15, 0.2) is 0 Å². The molecular weight excluding hydrogens is 304 g/mol. The van der Waals surface area contributed by atoms with E-state index in [0.29, 0.717) is 13.0 Å². The summed E-state index contributed by atoms with van der Waals surface area (Å²) in [5, 5.41) is 2.92. The van der Waals surface area contributed by atoms with E-state index in [4.69, 9.17) is 4.74 Å². The predicted molar refractivity (Wildman–Crippen MR) is 91.9 cm³/mol. The first-order valence-electron chi connectivity index (χ1n) is 7.89. The van der Waals surface area contributed by atoms with Crippen LogP contribution in [0.1, 0.15) is 18.1 Å². The van der Waals surface area contributed by atoms with Crippen molar-refractivity contribution >= 4 is 17.5 Å². The van der Waals surface area contributed by atoms with Gasteiger partial charge in [-0.1, -0.05) is 36.4 Å². The predicted octanol–water partition coefficient (Wildman–Crippen LogP) is 2.29. The van der Waals surface area contributed by atoms with Gasteiger partial charge in [0.1, 0.15) is 11.8 Å². The number of fused-ring (bicyclic) bond motifs is 1. The van der Waals surface area contributed by atoms with E-state index in [1.807, 2.05) is 48.5 Å². The molecule has 0 bridgehead atoms. The highest BCUT2D eigenvalue weighted by atomic mass is 16.5. The molecule has 1 atom stereocenters. The molecule has 2 aromatic carbocycles. The fourth-order valence-corrected chi connectivity index (χ4v) is 3.13. The molecule has 24 heavy (non-hydrogen) atoms. The van der Waals surface area contributed by atoms with Crippen molar-refractivity contribution in [3.8, 4) is 5.75 Å². The number of carbonyl (C=O) groups excluding carboxylic acids is 2. The van der Waals surface area contributed by atoms with Gasteiger partial charge in [-0.05, 0) is 17.7 Å². The number of methoxy groups -OCH3 is 1. The zero-order valence-corrected chi connectivity index (χ0v) is 13.8. The lowest BCUT2D eigenvalue weighted by Gasteiger charge is -2.23. The summed E-state index contributed by atoms with van der Waals surface area (Å²) in [6.45, 7) is 1.85. The molecule has 1 aliphatic rings. The van der Waals surface area contributed by atoms with Crippen molar-refractivity contribution in [2.75, 3.05) is 12.0 Å². The third-order valence-corrected chi connectivity index (χ3v) is 4.26. The highest BCUT2D eigenvalue weighted by Gasteiger charge is 2.36. The Bertz CT molecular complexity index is 773. The summed E-state index contributed by atoms with van der Waals surface area (Å²) in [6.07, 6.45) is 0.535. The highest BCUT2D eigenvalue weighted by Crippen LogP contribution is 2.32. The van der Waals surface area contributed by atoms with E-state index in [2.05, 4.69) is 5.32 Å². The van der Waals surface area contributed by atoms with Crippen LogP contribution in [0.3, 0.4) is 0 Å². The van der Waals surface area contributed by atoms with Gasteiger partial charge in [0, 0.05) is 31.1 Å². The van der Waals surface area contributed by atoms with E-state index in [0.717, 1.165) is 22.6 Å². The van der Waals surface area contributed by atoms with Crippen molar-refractivity contribution in [2.45, 2.75) is 25.9 Å². The van der Waals surface area contributed by atoms with Crippen LogP contribution in [0.4, 0.5) is 5.69 Å². The Balaban J connectivity index is 1.75. The molecular formula is C19H20N2O3. The van der Waals surface area contributed by atoms with Crippen LogP contribution in [0, 0.1) is 0 Å². The van der Waals surface area contributed by atoms with Crippen LogP contribution in [0.25, 0.3) is 0 Å². The first-order valence-corrected chi connectivity index (χ1v) is 7.89. The summed E-state index contributed by atoms with van der Waals surface area (Å²) in [7, 11) is 1.60. The number of hydrogen-bond acceptors (Lipinski definition) is 3. The number of benzene rings is 2. The summed E-state index contributed by atoms with van der Waals surface area (Å²) >= 11 is 0. The second kappa shape index (κ2) is 6.74. The molecule has 3 rings (SSSR count). The van der Waals surface area contributed by atoms with Crippen molar-refractivity contribution in [3.05, 3.63) is 59.7 Å². The van der Waals surface area contributed by atoms with Crippen molar-refractivity contribution in [2.24, 2.45) is 0 Å². The van der Waals surface area contributed by atoms with Gasteiger partial charge in [0.05, 0.1) is 7.11 Å². The van der Waals surface area contributed by atoms with E-state index in [1.54, 1.807) is 12.0 Å². The summed E-state index contributed by atoms with van der Waals surface area (Å²) in [6, 6.07) is 14.7. The van der Waals surface area contributed by atoms with E-state index < -0.39 is 6.04 Å². The van der Waals surface area contributed by atoms with Gasteiger partial charge >= 0.3 is 0 Å². The molecule has 124 valence electrons. The Hall–Kier alpha value is -2.82. The Morgan fingerprint density at radius 1 is 1.17 bits per heavy atom. The van der Waals surface area contributed by atoms with Crippen molar-refractivity contribution in [1.29, 1.82) is 0 Å². The first-order chi connectivity index (χ1) is 11.6. The van der Waals surface area contributed by atoms with Crippen molar-refractivity contribution < 1.29 is 14.3 Å². The number of amides is 2. The molecule has 1 heterocycles. The summed E-state index contributed by atoms with van der Waals surface area (Å²) < 4.78 is 5.30. The minimum absolute atomic E-state index is 0.127. The summed E-state index contributed by atoms with van der Waals surface area (Å²) in [5.41, 5.74) is 2.74. The normalized spacial score (nSPS) is 15.8. The average Bonchev–Trinajstić information content (AvgIpc) is 2.99. The molecule has 0 saturated carbocycles. The lowest BCUT2D eigenvalue weighted by Crippen LogP contribution is -2.47. The number of ether oxygens (including phenoxy) is 1. The molecule has 5 heteroatoms. The lowest BCUT2D eigenvalue weighted by atomic mass is 10.1. The SMILES string of the molecule is COc1ccccc1CNC(=O)[C@H]1Cc2ccccc2N1C(C)=O. The molecule has 0 spiro atoms. The number of hydrogen-bond donors (Lipinski definition) is 1. The minimum atomic E-state index is -0.505. The molecule has 5 nitrogen and oxygen atoms in total. The van der Waals surface area contributed by atoms with Gasteiger partial charge in [0.25, 0.3) is 0 Å². The highest BCUT2D eigenvalue weighted by molar-refractivity contribution is 6.02. The maximum Gasteiger partial charge on any atom is 0.243 e. The summed E-state index contributed by atoms with van der Waals surface area (Å²) in [4.78, 5) is 26.3. The largest absolute Gasteiger partial charge is 0.496 e. The fourth-order valence-electron chi connectivity index (χ4n) is 3.13. The molecule has 0 saturated heterocycles. The molecule has 0 aliphatic carbocycles. The van der Waals surface area contributed by atoms with Crippen LogP contribution < -0.4 is 15.0 Å². The molecule has 2 aromatic rings. The average molecular weight is 324 g/mol. The maximum atomic E-state index is 12.7. The first kappa shape index (κ1) is 16.1. The monoisotopic (exact) mass is 324 g/mol. The van der Waals surface area contributed by atoms with E-state index in [9.17, 15) is 9.59 Å². The zero-order valence-electron chi connectivity index (χ0n) is 13.8. The number of nitrogens with one attached hydrogen (secondary N) is 1. The Labute approximate surface area is 141 Å². The van der Waals surface area contributed by atoms with Gasteiger partial charge in [-0.15, -0.1) is 0 Å². The molecule has 1 N–H and O–H groups in total. The van der Waals surface area contributed by atoms with Gasteiger partial charge in [-0.25, -0.2) is 0 Å². The van der Waals surface area contributed by atoms with Gasteiger partial charge in [-0.2, -0.15) is 0 Å². The molecule has 2 amide bonds. The minimum Gasteiger partial charge on any atom is -0.496 e. The number of anilines is 1. The van der Waals surface area contributed by atoms with Gasteiger partial charge in [-0.3, -0.25) is 14.5 Å². The topological polar surface area (TPSA) is 58.6 Å². The number of carbonyl (C=O) groups is 2. The van der Waals surface area contributed by atoms with Crippen LogP contribution in [0.2, 0.25) is 0 Å². The smallest absolute Gasteiger partial charge is 0.243 e. The van der Waals surface area contributed by atoms with Crippen LogP contribution in [-0.2, 0) is 22.6 Å². The molecule has 0 aromatic heterocycles. The standard InChI is InChI=1S/C19H20N2O3/c1-13(22)21-16-9-5-3-7-14(16)11-17(21)19(23)20-12-15-8-4-6-10-18(15)24-2/h3-10,17H,11-12H2,1-2H3,(H,20,23)/t17-/m1/s1. The van der Waals surface area contributed by atoms with Gasteiger partial charge in [0.2, 0.25) is 11.8 Å². The van der Waals surface area contributed by atoms with E-state index in [1.165, 1.54) is 6.92 Å². The van der Waals surface area contributed by atoms with Crippen molar-refractivity contribution in [3.63, 3.8) is 0 Å². The molecule has 0 fully saturated rings. The molecule has 1 aliphatic heterocycles. The third-order valence-electron chi connectivity index (χ3n) is 4.26. The van der Waals surface area contributed by atoms with Crippen LogP contribution in [-0.4, -0.2) is 25.0 Å². The van der Waals surface area contributed by atoms with Crippen LogP contribution in [0.5, 0.6) is 5.75 Å². The lowest BCUT2D eigenvalue weighted by molar-refractivity contribution is -0.125. The summed E-state index contributed by atoms with van der Waals surface area (Å²) in [5.74, 6) is 0.445. The number of nitrogens with zero attached hydrogens (tertiary/aromatic N) is 1. The van der Waals surface area contributed by atoms with Gasteiger partial charge < -0.3 is 10.1 Å². The molecule has 0 radical (unpaired) electrons. The Kier molecular flexibility index (Phi) is 4.51. The second-order valence-corrected chi connectivity index (χ2v) is 5.77.